The number of methoxy groups -OCH3 is 1. The van der Waals surface area contributed by atoms with Gasteiger partial charge < -0.3 is 20.5 Å². The van der Waals surface area contributed by atoms with Crippen molar-refractivity contribution in [1.82, 2.24) is 5.32 Å². The summed E-state index contributed by atoms with van der Waals surface area (Å²) in [6, 6.07) is 13.8. The van der Waals surface area contributed by atoms with Crippen LogP contribution in [0.2, 0.25) is 0 Å². The first-order valence-corrected chi connectivity index (χ1v) is 9.51. The van der Waals surface area contributed by atoms with Gasteiger partial charge in [0.1, 0.15) is 5.75 Å². The Kier molecular flexibility index (Phi) is 6.49. The van der Waals surface area contributed by atoms with E-state index in [0.717, 1.165) is 18.4 Å². The molecule has 0 radical (unpaired) electrons. The Labute approximate surface area is 169 Å². The Balaban J connectivity index is 1.57. The number of hydrogen-bond donors (Lipinski definition) is 3. The van der Waals surface area contributed by atoms with Crippen LogP contribution in [0.1, 0.15) is 28.8 Å². The molecule has 0 bridgehead atoms. The van der Waals surface area contributed by atoms with Gasteiger partial charge in [0.15, 0.2) is 0 Å². The topological polar surface area (TPSA) is 105 Å². The number of para-hydroxylation sites is 1. The number of hydrogen-bond acceptors (Lipinski definition) is 4. The summed E-state index contributed by atoms with van der Waals surface area (Å²) in [5.74, 6) is -1.41. The van der Waals surface area contributed by atoms with Crippen LogP contribution < -0.4 is 15.4 Å². The van der Waals surface area contributed by atoms with Gasteiger partial charge in [0.25, 0.3) is 5.91 Å². The average molecular weight is 396 g/mol. The van der Waals surface area contributed by atoms with E-state index in [4.69, 9.17) is 4.74 Å². The number of rotatable bonds is 9. The standard InChI is InChI=1S/C22H24N2O5/c1-29-19-5-3-2-4-16(19)12-17(22(27)28)13-23-20(25)14-8-10-18(11-9-14)24-21(26)15-6-7-15/h2-5,8-11,15,17H,6-7,12-13H2,1H3,(H,23,25)(H,24,26)(H,27,28). The first kappa shape index (κ1) is 20.4. The fourth-order valence-electron chi connectivity index (χ4n) is 3.00. The van der Waals surface area contributed by atoms with Gasteiger partial charge in [0.05, 0.1) is 13.0 Å². The predicted octanol–water partition coefficient (Wildman–Crippen LogP) is 2.72. The molecule has 2 aromatic carbocycles. The number of carbonyl (C=O) groups is 3. The molecule has 2 aromatic rings. The Hall–Kier alpha value is -3.35. The molecule has 1 aliphatic rings. The fraction of sp³-hybridized carbons (Fsp3) is 0.318. The van der Waals surface area contributed by atoms with Crippen molar-refractivity contribution in [1.29, 1.82) is 0 Å². The molecule has 0 heterocycles. The lowest BCUT2D eigenvalue weighted by molar-refractivity contribution is -0.141. The molecule has 2 amide bonds. The SMILES string of the molecule is COc1ccccc1CC(CNC(=O)c1ccc(NC(=O)C2CC2)cc1)C(=O)O. The molecule has 0 saturated heterocycles. The van der Waals surface area contributed by atoms with Crippen LogP contribution in [0.25, 0.3) is 0 Å². The van der Waals surface area contributed by atoms with Crippen molar-refractivity contribution < 1.29 is 24.2 Å². The van der Waals surface area contributed by atoms with E-state index < -0.39 is 11.9 Å². The third-order valence-corrected chi connectivity index (χ3v) is 4.88. The highest BCUT2D eigenvalue weighted by atomic mass is 16.5. The minimum Gasteiger partial charge on any atom is -0.496 e. The zero-order chi connectivity index (χ0) is 20.8. The molecule has 0 spiro atoms. The molecule has 152 valence electrons. The van der Waals surface area contributed by atoms with Gasteiger partial charge in [-0.3, -0.25) is 14.4 Å². The number of carboxylic acids is 1. The zero-order valence-corrected chi connectivity index (χ0v) is 16.2. The van der Waals surface area contributed by atoms with E-state index in [1.54, 1.807) is 30.3 Å². The van der Waals surface area contributed by atoms with E-state index in [2.05, 4.69) is 10.6 Å². The molecule has 1 saturated carbocycles. The van der Waals surface area contributed by atoms with E-state index >= 15 is 0 Å². The predicted molar refractivity (Wildman–Crippen MR) is 108 cm³/mol. The third-order valence-electron chi connectivity index (χ3n) is 4.88. The Bertz CT molecular complexity index is 890. The molecule has 7 nitrogen and oxygen atoms in total. The number of carboxylic acid groups (broad SMARTS) is 1. The first-order valence-electron chi connectivity index (χ1n) is 9.51. The van der Waals surface area contributed by atoms with Gasteiger partial charge in [-0.25, -0.2) is 0 Å². The number of amides is 2. The van der Waals surface area contributed by atoms with Gasteiger partial charge in [0, 0.05) is 23.7 Å². The van der Waals surface area contributed by atoms with E-state index in [0.29, 0.717) is 17.0 Å². The van der Waals surface area contributed by atoms with Crippen molar-refractivity contribution in [2.75, 3.05) is 19.0 Å². The highest BCUT2D eigenvalue weighted by molar-refractivity contribution is 5.96. The summed E-state index contributed by atoms with van der Waals surface area (Å²) in [6.45, 7) is -0.00756. The van der Waals surface area contributed by atoms with Gasteiger partial charge in [-0.05, 0) is 55.2 Å². The van der Waals surface area contributed by atoms with Gasteiger partial charge in [-0.15, -0.1) is 0 Å². The average Bonchev–Trinajstić information content (AvgIpc) is 3.57. The molecule has 1 fully saturated rings. The largest absolute Gasteiger partial charge is 0.496 e. The quantitative estimate of drug-likeness (QED) is 0.605. The number of nitrogens with one attached hydrogen (secondary N) is 2. The summed E-state index contributed by atoms with van der Waals surface area (Å²) in [5.41, 5.74) is 1.81. The third kappa shape index (κ3) is 5.57. The van der Waals surface area contributed by atoms with E-state index in [1.807, 2.05) is 18.2 Å². The highest BCUT2D eigenvalue weighted by Crippen LogP contribution is 2.30. The van der Waals surface area contributed by atoms with Gasteiger partial charge in [-0.1, -0.05) is 18.2 Å². The van der Waals surface area contributed by atoms with Crippen LogP contribution >= 0.6 is 0 Å². The summed E-state index contributed by atoms with van der Waals surface area (Å²) in [7, 11) is 1.53. The maximum absolute atomic E-state index is 12.4. The second-order valence-electron chi connectivity index (χ2n) is 7.10. The Morgan fingerprint density at radius 2 is 1.79 bits per heavy atom. The van der Waals surface area contributed by atoms with Crippen molar-refractivity contribution in [3.8, 4) is 5.75 Å². The summed E-state index contributed by atoms with van der Waals surface area (Å²) < 4.78 is 5.27. The molecule has 0 aromatic heterocycles. The van der Waals surface area contributed by atoms with Crippen molar-refractivity contribution in [3.63, 3.8) is 0 Å². The van der Waals surface area contributed by atoms with Crippen LogP contribution in [0, 0.1) is 11.8 Å². The molecule has 1 aliphatic carbocycles. The van der Waals surface area contributed by atoms with Crippen molar-refractivity contribution >= 4 is 23.5 Å². The van der Waals surface area contributed by atoms with Gasteiger partial charge in [0.2, 0.25) is 5.91 Å². The van der Waals surface area contributed by atoms with Crippen LogP contribution in [0.15, 0.2) is 48.5 Å². The van der Waals surface area contributed by atoms with Crippen molar-refractivity contribution in [2.45, 2.75) is 19.3 Å². The number of ether oxygens (including phenoxy) is 1. The maximum atomic E-state index is 12.4. The fourth-order valence-corrected chi connectivity index (χ4v) is 3.00. The molecule has 7 heteroatoms. The monoisotopic (exact) mass is 396 g/mol. The van der Waals surface area contributed by atoms with Crippen LogP contribution in [-0.2, 0) is 16.0 Å². The van der Waals surface area contributed by atoms with Crippen molar-refractivity contribution in [3.05, 3.63) is 59.7 Å². The lowest BCUT2D eigenvalue weighted by Gasteiger charge is -2.15. The molecule has 0 aliphatic heterocycles. The summed E-state index contributed by atoms with van der Waals surface area (Å²) in [6.07, 6.45) is 2.09. The van der Waals surface area contributed by atoms with Crippen LogP contribution in [0.4, 0.5) is 5.69 Å². The molecule has 3 N–H and O–H groups in total. The second-order valence-corrected chi connectivity index (χ2v) is 7.10. The molecule has 29 heavy (non-hydrogen) atoms. The normalized spacial score (nSPS) is 14.0. The molecular formula is C22H24N2O5. The molecular weight excluding hydrogens is 372 g/mol. The summed E-state index contributed by atoms with van der Waals surface area (Å²) in [4.78, 5) is 35.8. The maximum Gasteiger partial charge on any atom is 0.308 e. The van der Waals surface area contributed by atoms with Crippen LogP contribution in [0.5, 0.6) is 5.75 Å². The molecule has 1 unspecified atom stereocenters. The summed E-state index contributed by atoms with van der Waals surface area (Å²) >= 11 is 0. The van der Waals surface area contributed by atoms with E-state index in [-0.39, 0.29) is 30.7 Å². The second kappa shape index (κ2) is 9.23. The molecule has 1 atom stereocenters. The Morgan fingerprint density at radius 1 is 1.10 bits per heavy atom. The summed E-state index contributed by atoms with van der Waals surface area (Å²) in [5, 5.41) is 15.0. The van der Waals surface area contributed by atoms with Gasteiger partial charge >= 0.3 is 5.97 Å². The number of aliphatic carboxylic acids is 1. The first-order chi connectivity index (χ1) is 14.0. The lowest BCUT2D eigenvalue weighted by Crippen LogP contribution is -2.34. The minimum absolute atomic E-state index is 0.00263. The molecule has 3 rings (SSSR count). The lowest BCUT2D eigenvalue weighted by atomic mass is 9.98. The van der Waals surface area contributed by atoms with E-state index in [9.17, 15) is 19.5 Å². The highest BCUT2D eigenvalue weighted by Gasteiger charge is 2.29. The smallest absolute Gasteiger partial charge is 0.308 e. The zero-order valence-electron chi connectivity index (χ0n) is 16.2. The van der Waals surface area contributed by atoms with E-state index in [1.165, 1.54) is 7.11 Å². The van der Waals surface area contributed by atoms with Gasteiger partial charge in [-0.2, -0.15) is 0 Å². The number of benzene rings is 2. The number of carbonyl (C=O) groups excluding carboxylic acids is 2. The number of anilines is 1. The van der Waals surface area contributed by atoms with Crippen LogP contribution in [-0.4, -0.2) is 36.5 Å². The van der Waals surface area contributed by atoms with Crippen molar-refractivity contribution in [2.24, 2.45) is 11.8 Å². The Morgan fingerprint density at radius 3 is 2.41 bits per heavy atom. The van der Waals surface area contributed by atoms with Crippen LogP contribution in [0.3, 0.4) is 0 Å². The minimum atomic E-state index is -0.991.